The Labute approximate surface area is 115 Å². The Kier molecular flexibility index (Phi) is 5.34. The predicted octanol–water partition coefficient (Wildman–Crippen LogP) is 1.71. The fourth-order valence-corrected chi connectivity index (χ4v) is 2.16. The SMILES string of the molecule is COc1cc(C(C)C)ccc1CNS(=O)(=O)N(C)C. The van der Waals surface area contributed by atoms with Gasteiger partial charge >= 0.3 is 0 Å². The van der Waals surface area contributed by atoms with E-state index in [2.05, 4.69) is 18.6 Å². The molecule has 0 saturated carbocycles. The number of rotatable bonds is 6. The van der Waals surface area contributed by atoms with Gasteiger partial charge in [-0.25, -0.2) is 0 Å². The zero-order chi connectivity index (χ0) is 14.6. The minimum absolute atomic E-state index is 0.210. The van der Waals surface area contributed by atoms with Gasteiger partial charge < -0.3 is 4.74 Å². The van der Waals surface area contributed by atoms with Crippen molar-refractivity contribution >= 4 is 10.2 Å². The zero-order valence-corrected chi connectivity index (χ0v) is 12.9. The molecule has 0 aliphatic heterocycles. The Hall–Kier alpha value is -1.11. The quantitative estimate of drug-likeness (QED) is 0.866. The Morgan fingerprint density at radius 3 is 2.42 bits per heavy atom. The first-order chi connectivity index (χ1) is 8.77. The summed E-state index contributed by atoms with van der Waals surface area (Å²) in [5, 5.41) is 0. The first-order valence-corrected chi connectivity index (χ1v) is 7.56. The van der Waals surface area contributed by atoms with Crippen molar-refractivity contribution in [3.63, 3.8) is 0 Å². The van der Waals surface area contributed by atoms with E-state index < -0.39 is 10.2 Å². The molecule has 0 heterocycles. The van der Waals surface area contributed by atoms with E-state index in [9.17, 15) is 8.42 Å². The number of ether oxygens (including phenoxy) is 1. The van der Waals surface area contributed by atoms with E-state index in [1.54, 1.807) is 7.11 Å². The number of nitrogens with one attached hydrogen (secondary N) is 1. The van der Waals surface area contributed by atoms with Crippen LogP contribution in [0.4, 0.5) is 0 Å². The van der Waals surface area contributed by atoms with Gasteiger partial charge in [0.15, 0.2) is 0 Å². The van der Waals surface area contributed by atoms with Crippen LogP contribution >= 0.6 is 0 Å². The molecule has 1 N–H and O–H groups in total. The second kappa shape index (κ2) is 6.36. The number of hydrogen-bond acceptors (Lipinski definition) is 3. The van der Waals surface area contributed by atoms with Crippen LogP contribution in [0.5, 0.6) is 5.75 Å². The molecule has 0 spiro atoms. The highest BCUT2D eigenvalue weighted by Gasteiger charge is 2.14. The van der Waals surface area contributed by atoms with Crippen LogP contribution in [0.2, 0.25) is 0 Å². The third-order valence-electron chi connectivity index (χ3n) is 2.90. The van der Waals surface area contributed by atoms with Gasteiger partial charge in [-0.2, -0.15) is 17.4 Å². The van der Waals surface area contributed by atoms with Gasteiger partial charge in [-0.3, -0.25) is 0 Å². The van der Waals surface area contributed by atoms with Crippen LogP contribution in [0.3, 0.4) is 0 Å². The van der Waals surface area contributed by atoms with Crippen molar-refractivity contribution in [3.05, 3.63) is 29.3 Å². The van der Waals surface area contributed by atoms with Crippen LogP contribution in [0.25, 0.3) is 0 Å². The number of nitrogens with zero attached hydrogens (tertiary/aromatic N) is 1. The lowest BCUT2D eigenvalue weighted by molar-refractivity contribution is 0.408. The van der Waals surface area contributed by atoms with Gasteiger partial charge in [0, 0.05) is 26.2 Å². The van der Waals surface area contributed by atoms with E-state index in [1.807, 2.05) is 18.2 Å². The van der Waals surface area contributed by atoms with Gasteiger partial charge in [0.1, 0.15) is 5.75 Å². The molecule has 19 heavy (non-hydrogen) atoms. The fraction of sp³-hybridized carbons (Fsp3) is 0.538. The molecule has 108 valence electrons. The molecular formula is C13H22N2O3S. The second-order valence-corrected chi connectivity index (χ2v) is 6.80. The summed E-state index contributed by atoms with van der Waals surface area (Å²) in [7, 11) is 1.14. The highest BCUT2D eigenvalue weighted by atomic mass is 32.2. The fourth-order valence-electron chi connectivity index (χ4n) is 1.56. The summed E-state index contributed by atoms with van der Waals surface area (Å²) in [6, 6.07) is 5.84. The van der Waals surface area contributed by atoms with Crippen LogP contribution in [0.1, 0.15) is 30.9 Å². The first kappa shape index (κ1) is 15.9. The van der Waals surface area contributed by atoms with Crippen molar-refractivity contribution < 1.29 is 13.2 Å². The Morgan fingerprint density at radius 2 is 1.95 bits per heavy atom. The number of hydrogen-bond donors (Lipinski definition) is 1. The highest BCUT2D eigenvalue weighted by Crippen LogP contribution is 2.24. The average molecular weight is 286 g/mol. The van der Waals surface area contributed by atoms with E-state index in [-0.39, 0.29) is 6.54 Å². The molecule has 0 fully saturated rings. The normalized spacial score (nSPS) is 12.2. The van der Waals surface area contributed by atoms with Crippen LogP contribution in [0, 0.1) is 0 Å². The van der Waals surface area contributed by atoms with Crippen LogP contribution in [-0.2, 0) is 16.8 Å². The minimum atomic E-state index is -3.42. The average Bonchev–Trinajstić information content (AvgIpc) is 2.35. The highest BCUT2D eigenvalue weighted by molar-refractivity contribution is 7.87. The van der Waals surface area contributed by atoms with Crippen LogP contribution < -0.4 is 9.46 Å². The topological polar surface area (TPSA) is 58.6 Å². The summed E-state index contributed by atoms with van der Waals surface area (Å²) in [4.78, 5) is 0. The van der Waals surface area contributed by atoms with Gasteiger partial charge in [-0.05, 0) is 17.5 Å². The third-order valence-corrected chi connectivity index (χ3v) is 4.37. The van der Waals surface area contributed by atoms with Crippen LogP contribution in [-0.4, -0.2) is 33.9 Å². The maximum Gasteiger partial charge on any atom is 0.279 e. The predicted molar refractivity (Wildman–Crippen MR) is 76.5 cm³/mol. The maximum atomic E-state index is 11.7. The van der Waals surface area contributed by atoms with Crippen molar-refractivity contribution in [1.82, 2.24) is 9.03 Å². The molecule has 0 aromatic heterocycles. The monoisotopic (exact) mass is 286 g/mol. The molecule has 5 nitrogen and oxygen atoms in total. The van der Waals surface area contributed by atoms with Gasteiger partial charge in [-0.15, -0.1) is 0 Å². The third kappa shape index (κ3) is 4.19. The molecule has 6 heteroatoms. The van der Waals surface area contributed by atoms with E-state index in [0.717, 1.165) is 15.4 Å². The summed E-state index contributed by atoms with van der Waals surface area (Å²) in [5.74, 6) is 1.11. The summed E-state index contributed by atoms with van der Waals surface area (Å²) >= 11 is 0. The maximum absolute atomic E-state index is 11.7. The van der Waals surface area contributed by atoms with Gasteiger partial charge in [0.05, 0.1) is 7.11 Å². The van der Waals surface area contributed by atoms with Crippen molar-refractivity contribution in [2.45, 2.75) is 26.3 Å². The molecular weight excluding hydrogens is 264 g/mol. The molecule has 1 aromatic rings. The standard InChI is InChI=1S/C13H22N2O3S/c1-10(2)11-6-7-12(13(8-11)18-5)9-14-19(16,17)15(3)4/h6-8,10,14H,9H2,1-5H3. The number of benzene rings is 1. The van der Waals surface area contributed by atoms with Gasteiger partial charge in [0.2, 0.25) is 0 Å². The summed E-state index contributed by atoms with van der Waals surface area (Å²) in [5.41, 5.74) is 1.98. The minimum Gasteiger partial charge on any atom is -0.496 e. The van der Waals surface area contributed by atoms with E-state index >= 15 is 0 Å². The van der Waals surface area contributed by atoms with Crippen molar-refractivity contribution in [2.24, 2.45) is 0 Å². The molecule has 0 unspecified atom stereocenters. The summed E-state index contributed by atoms with van der Waals surface area (Å²) < 4.78 is 32.3. The largest absolute Gasteiger partial charge is 0.496 e. The summed E-state index contributed by atoms with van der Waals surface area (Å²) in [6.45, 7) is 4.41. The molecule has 1 rings (SSSR count). The lowest BCUT2D eigenvalue weighted by atomic mass is 10.0. The Balaban J connectivity index is 2.91. The van der Waals surface area contributed by atoms with E-state index in [1.165, 1.54) is 14.1 Å². The first-order valence-electron chi connectivity index (χ1n) is 6.12. The number of methoxy groups -OCH3 is 1. The molecule has 1 aromatic carbocycles. The molecule has 0 aliphatic rings. The molecule has 0 bridgehead atoms. The van der Waals surface area contributed by atoms with Crippen molar-refractivity contribution in [3.8, 4) is 5.75 Å². The Morgan fingerprint density at radius 1 is 1.32 bits per heavy atom. The molecule has 0 saturated heterocycles. The summed E-state index contributed by atoms with van der Waals surface area (Å²) in [6.07, 6.45) is 0. The van der Waals surface area contributed by atoms with Gasteiger partial charge in [-0.1, -0.05) is 26.0 Å². The molecule has 0 atom stereocenters. The van der Waals surface area contributed by atoms with E-state index in [4.69, 9.17) is 4.74 Å². The van der Waals surface area contributed by atoms with E-state index in [0.29, 0.717) is 11.7 Å². The van der Waals surface area contributed by atoms with Crippen LogP contribution in [0.15, 0.2) is 18.2 Å². The van der Waals surface area contributed by atoms with Crippen molar-refractivity contribution in [2.75, 3.05) is 21.2 Å². The lowest BCUT2D eigenvalue weighted by Crippen LogP contribution is -2.35. The zero-order valence-electron chi connectivity index (χ0n) is 12.1. The second-order valence-electron chi connectivity index (χ2n) is 4.83. The molecule has 0 amide bonds. The Bertz CT molecular complexity index is 525. The smallest absolute Gasteiger partial charge is 0.279 e. The molecule has 0 aliphatic carbocycles. The van der Waals surface area contributed by atoms with Crippen molar-refractivity contribution in [1.29, 1.82) is 0 Å². The molecule has 0 radical (unpaired) electrons. The lowest BCUT2D eigenvalue weighted by Gasteiger charge is -2.15. The van der Waals surface area contributed by atoms with Gasteiger partial charge in [0.25, 0.3) is 10.2 Å².